The van der Waals surface area contributed by atoms with Crippen molar-refractivity contribution in [2.24, 2.45) is 0 Å². The molecule has 0 atom stereocenters. The van der Waals surface area contributed by atoms with Crippen molar-refractivity contribution in [3.63, 3.8) is 0 Å². The van der Waals surface area contributed by atoms with Crippen molar-refractivity contribution in [3.05, 3.63) is 77.1 Å². The zero-order valence-corrected chi connectivity index (χ0v) is 17.4. The van der Waals surface area contributed by atoms with Gasteiger partial charge in [-0.25, -0.2) is 15.0 Å². The van der Waals surface area contributed by atoms with Gasteiger partial charge in [0, 0.05) is 5.39 Å². The molecule has 7 nitrogen and oxygen atoms in total. The maximum Gasteiger partial charge on any atom is 0.156 e. The van der Waals surface area contributed by atoms with E-state index in [1.54, 1.807) is 4.68 Å². The summed E-state index contributed by atoms with van der Waals surface area (Å²) >= 11 is 0. The molecule has 0 spiro atoms. The summed E-state index contributed by atoms with van der Waals surface area (Å²) in [5.74, 6) is 1.72. The van der Waals surface area contributed by atoms with Crippen LogP contribution in [-0.4, -0.2) is 24.7 Å². The minimum atomic E-state index is 0.402. The van der Waals surface area contributed by atoms with Crippen molar-refractivity contribution < 1.29 is 0 Å². The summed E-state index contributed by atoms with van der Waals surface area (Å²) in [6.07, 6.45) is 1.53. The van der Waals surface area contributed by atoms with Gasteiger partial charge in [-0.3, -0.25) is 0 Å². The Morgan fingerprint density at radius 1 is 0.903 bits per heavy atom. The number of nitrogens with one attached hydrogen (secondary N) is 1. The number of anilines is 2. The number of fused-ring (bicyclic) bond motifs is 2. The number of hydrogen-bond donors (Lipinski definition) is 1. The van der Waals surface area contributed by atoms with Crippen molar-refractivity contribution in [2.75, 3.05) is 5.32 Å². The SMILES string of the molecule is Cc1nc2ccccc2nc1Nc1c(C#N)cnn1-c1cc(C)c2cccc(C)c2n1. The number of pyridine rings is 1. The van der Waals surface area contributed by atoms with Gasteiger partial charge < -0.3 is 5.32 Å². The van der Waals surface area contributed by atoms with Gasteiger partial charge in [-0.05, 0) is 50.1 Å². The van der Waals surface area contributed by atoms with Crippen LogP contribution in [0.25, 0.3) is 27.8 Å². The number of nitriles is 1. The second kappa shape index (κ2) is 7.18. The third-order valence-corrected chi connectivity index (χ3v) is 5.32. The Morgan fingerprint density at radius 3 is 2.45 bits per heavy atom. The van der Waals surface area contributed by atoms with E-state index in [1.807, 2.05) is 63.2 Å². The van der Waals surface area contributed by atoms with Gasteiger partial charge in [0.15, 0.2) is 17.5 Å². The molecule has 0 radical (unpaired) electrons. The third kappa shape index (κ3) is 3.15. The highest BCUT2D eigenvalue weighted by Gasteiger charge is 2.17. The number of aromatic nitrogens is 5. The van der Waals surface area contributed by atoms with Gasteiger partial charge in [-0.15, -0.1) is 0 Å². The van der Waals surface area contributed by atoms with Crippen LogP contribution < -0.4 is 5.32 Å². The van der Waals surface area contributed by atoms with Gasteiger partial charge in [-0.2, -0.15) is 15.0 Å². The Labute approximate surface area is 179 Å². The maximum atomic E-state index is 9.67. The molecule has 31 heavy (non-hydrogen) atoms. The molecule has 2 aromatic carbocycles. The zero-order chi connectivity index (χ0) is 21.5. The van der Waals surface area contributed by atoms with Crippen molar-refractivity contribution in [1.82, 2.24) is 24.7 Å². The van der Waals surface area contributed by atoms with Gasteiger partial charge >= 0.3 is 0 Å². The average molecular weight is 405 g/mol. The van der Waals surface area contributed by atoms with Crippen LogP contribution in [0.1, 0.15) is 22.4 Å². The summed E-state index contributed by atoms with van der Waals surface area (Å²) in [6, 6.07) is 18.0. The molecule has 0 saturated carbocycles. The first kappa shape index (κ1) is 18.7. The van der Waals surface area contributed by atoms with Gasteiger partial charge in [0.05, 0.1) is 28.4 Å². The van der Waals surface area contributed by atoms with E-state index in [1.165, 1.54) is 6.20 Å². The summed E-state index contributed by atoms with van der Waals surface area (Å²) in [6.45, 7) is 5.97. The van der Waals surface area contributed by atoms with Crippen molar-refractivity contribution in [1.29, 1.82) is 5.26 Å². The molecule has 0 fully saturated rings. The number of benzene rings is 2. The van der Waals surface area contributed by atoms with E-state index in [-0.39, 0.29) is 0 Å². The Balaban J connectivity index is 1.67. The lowest BCUT2D eigenvalue weighted by Gasteiger charge is -2.13. The van der Waals surface area contributed by atoms with E-state index in [9.17, 15) is 5.26 Å². The summed E-state index contributed by atoms with van der Waals surface area (Å²) in [5, 5.41) is 18.5. The highest BCUT2D eigenvalue weighted by atomic mass is 15.4. The first-order chi connectivity index (χ1) is 15.0. The molecule has 0 aliphatic heterocycles. The molecule has 7 heteroatoms. The van der Waals surface area contributed by atoms with Crippen LogP contribution in [0.5, 0.6) is 0 Å². The number of aryl methyl sites for hydroxylation is 3. The smallest absolute Gasteiger partial charge is 0.156 e. The first-order valence-electron chi connectivity index (χ1n) is 9.91. The van der Waals surface area contributed by atoms with Crippen LogP contribution >= 0.6 is 0 Å². The Kier molecular flexibility index (Phi) is 4.33. The molecule has 0 aliphatic rings. The minimum Gasteiger partial charge on any atom is -0.322 e. The van der Waals surface area contributed by atoms with E-state index in [2.05, 4.69) is 27.5 Å². The van der Waals surface area contributed by atoms with E-state index in [4.69, 9.17) is 9.97 Å². The molecule has 0 unspecified atom stereocenters. The Hall–Kier alpha value is -4.31. The van der Waals surface area contributed by atoms with Crippen LogP contribution in [0, 0.1) is 32.1 Å². The topological polar surface area (TPSA) is 92.3 Å². The van der Waals surface area contributed by atoms with Crippen molar-refractivity contribution >= 4 is 33.6 Å². The predicted molar refractivity (Wildman–Crippen MR) is 121 cm³/mol. The average Bonchev–Trinajstić information content (AvgIpc) is 3.17. The molecule has 3 aromatic heterocycles. The summed E-state index contributed by atoms with van der Waals surface area (Å²) in [7, 11) is 0. The van der Waals surface area contributed by atoms with Crippen LogP contribution in [0.15, 0.2) is 54.7 Å². The van der Waals surface area contributed by atoms with Gasteiger partial charge in [0.2, 0.25) is 0 Å². The van der Waals surface area contributed by atoms with Crippen LogP contribution in [-0.2, 0) is 0 Å². The summed E-state index contributed by atoms with van der Waals surface area (Å²) in [4.78, 5) is 14.2. The number of rotatable bonds is 3. The fourth-order valence-corrected chi connectivity index (χ4v) is 3.70. The lowest BCUT2D eigenvalue weighted by molar-refractivity contribution is 0.857. The van der Waals surface area contributed by atoms with Crippen molar-refractivity contribution in [3.8, 4) is 11.9 Å². The molecule has 1 N–H and O–H groups in total. The standard InChI is InChI=1S/C24H19N7/c1-14-7-6-8-18-15(2)11-21(29-22(14)18)31-24(17(12-25)13-26-31)30-23-16(3)27-19-9-4-5-10-20(19)28-23/h4-11,13H,1-3H3,(H,28,30). The second-order valence-electron chi connectivity index (χ2n) is 7.47. The van der Waals surface area contributed by atoms with E-state index in [0.29, 0.717) is 23.0 Å². The Bertz CT molecular complexity index is 1510. The number of hydrogen-bond acceptors (Lipinski definition) is 6. The van der Waals surface area contributed by atoms with Crippen LogP contribution in [0.2, 0.25) is 0 Å². The minimum absolute atomic E-state index is 0.402. The van der Waals surface area contributed by atoms with Crippen LogP contribution in [0.4, 0.5) is 11.6 Å². The molecule has 0 saturated heterocycles. The van der Waals surface area contributed by atoms with Gasteiger partial charge in [0.1, 0.15) is 11.6 Å². The van der Waals surface area contributed by atoms with Gasteiger partial charge in [0.25, 0.3) is 0 Å². The van der Waals surface area contributed by atoms with E-state index < -0.39 is 0 Å². The maximum absolute atomic E-state index is 9.67. The van der Waals surface area contributed by atoms with E-state index in [0.717, 1.165) is 38.8 Å². The molecular weight excluding hydrogens is 386 g/mol. The van der Waals surface area contributed by atoms with Crippen molar-refractivity contribution in [2.45, 2.75) is 20.8 Å². The molecule has 150 valence electrons. The second-order valence-corrected chi connectivity index (χ2v) is 7.47. The Morgan fingerprint density at radius 2 is 1.68 bits per heavy atom. The zero-order valence-electron chi connectivity index (χ0n) is 17.4. The molecule has 0 bridgehead atoms. The van der Waals surface area contributed by atoms with Crippen LogP contribution in [0.3, 0.4) is 0 Å². The monoisotopic (exact) mass is 405 g/mol. The molecule has 5 rings (SSSR count). The van der Waals surface area contributed by atoms with E-state index >= 15 is 0 Å². The fourth-order valence-electron chi connectivity index (χ4n) is 3.70. The lowest BCUT2D eigenvalue weighted by Crippen LogP contribution is -2.08. The molecule has 3 heterocycles. The first-order valence-corrected chi connectivity index (χ1v) is 9.91. The molecular formula is C24H19N7. The molecule has 0 amide bonds. The third-order valence-electron chi connectivity index (χ3n) is 5.32. The molecule has 0 aliphatic carbocycles. The lowest BCUT2D eigenvalue weighted by atomic mass is 10.1. The number of para-hydroxylation sites is 3. The summed E-state index contributed by atoms with van der Waals surface area (Å²) in [5.41, 5.74) is 5.81. The largest absolute Gasteiger partial charge is 0.322 e. The highest BCUT2D eigenvalue weighted by Crippen LogP contribution is 2.28. The predicted octanol–water partition coefficient (Wildman–Crippen LogP) is 4.90. The summed E-state index contributed by atoms with van der Waals surface area (Å²) < 4.78 is 1.65. The number of nitrogens with zero attached hydrogens (tertiary/aromatic N) is 6. The normalized spacial score (nSPS) is 11.0. The van der Waals surface area contributed by atoms with Gasteiger partial charge in [-0.1, -0.05) is 30.3 Å². The molecule has 5 aromatic rings. The highest BCUT2D eigenvalue weighted by molar-refractivity contribution is 5.86. The fraction of sp³-hybridized carbons (Fsp3) is 0.125. The quantitative estimate of drug-likeness (QED) is 0.459.